The van der Waals surface area contributed by atoms with Gasteiger partial charge in [-0.05, 0) is 25.1 Å². The van der Waals surface area contributed by atoms with Gasteiger partial charge in [0.2, 0.25) is 0 Å². The number of hydrogen-bond donors (Lipinski definition) is 0. The van der Waals surface area contributed by atoms with Gasteiger partial charge in [-0.25, -0.2) is 0 Å². The van der Waals surface area contributed by atoms with Crippen LogP contribution in [0.3, 0.4) is 0 Å². The Morgan fingerprint density at radius 3 is 3.00 bits per heavy atom. The van der Waals surface area contributed by atoms with Gasteiger partial charge >= 0.3 is 0 Å². The van der Waals surface area contributed by atoms with Crippen molar-refractivity contribution in [2.75, 3.05) is 0 Å². The molecule has 0 aliphatic heterocycles. The first kappa shape index (κ1) is 10.4. The molecule has 3 rings (SSSR count). The van der Waals surface area contributed by atoms with Gasteiger partial charge in [0.25, 0.3) is 0 Å². The molecule has 2 aromatic heterocycles. The molecule has 0 amide bonds. The van der Waals surface area contributed by atoms with Gasteiger partial charge in [0.05, 0.1) is 6.54 Å². The Bertz CT molecular complexity index is 669. The third-order valence-corrected chi connectivity index (χ3v) is 3.10. The Balaban J connectivity index is 2.04. The summed E-state index contributed by atoms with van der Waals surface area (Å²) in [6, 6.07) is 9.86. The zero-order valence-corrected chi connectivity index (χ0v) is 10.1. The fraction of sp³-hybridized carbons (Fsp3) is 0.154. The van der Waals surface area contributed by atoms with Gasteiger partial charge in [-0.3, -0.25) is 0 Å². The number of aromatic nitrogens is 2. The molecule has 0 N–H and O–H groups in total. The summed E-state index contributed by atoms with van der Waals surface area (Å²) in [5.74, 6) is 0.828. The lowest BCUT2D eigenvalue weighted by molar-refractivity contribution is 0.389. The molecule has 0 atom stereocenters. The van der Waals surface area contributed by atoms with Crippen molar-refractivity contribution in [2.45, 2.75) is 13.5 Å². The van der Waals surface area contributed by atoms with E-state index in [1.165, 1.54) is 0 Å². The molecule has 2 heterocycles. The van der Waals surface area contributed by atoms with Crippen LogP contribution in [0.5, 0.6) is 0 Å². The van der Waals surface area contributed by atoms with E-state index in [0.717, 1.165) is 27.4 Å². The molecule has 0 bridgehead atoms. The Morgan fingerprint density at radius 2 is 2.24 bits per heavy atom. The van der Waals surface area contributed by atoms with Crippen LogP contribution in [0.1, 0.15) is 11.5 Å². The molecule has 4 heteroatoms. The molecule has 0 radical (unpaired) electrons. The Hall–Kier alpha value is -1.74. The van der Waals surface area contributed by atoms with Crippen molar-refractivity contribution in [3.8, 4) is 0 Å². The monoisotopic (exact) mass is 246 g/mol. The van der Waals surface area contributed by atoms with E-state index in [-0.39, 0.29) is 0 Å². The summed E-state index contributed by atoms with van der Waals surface area (Å²) in [5.41, 5.74) is 2.03. The maximum absolute atomic E-state index is 6.13. The topological polar surface area (TPSA) is 31.0 Å². The SMILES string of the molecule is Cc1cc(Cn2ccc3c(Cl)cccc32)no1. The Kier molecular flexibility index (Phi) is 2.41. The van der Waals surface area contributed by atoms with Crippen molar-refractivity contribution >= 4 is 22.5 Å². The second-order valence-corrected chi connectivity index (χ2v) is 4.45. The van der Waals surface area contributed by atoms with Crippen LogP contribution in [-0.4, -0.2) is 9.72 Å². The first-order valence-corrected chi connectivity index (χ1v) is 5.77. The van der Waals surface area contributed by atoms with Crippen molar-refractivity contribution < 1.29 is 4.52 Å². The minimum Gasteiger partial charge on any atom is -0.361 e. The third kappa shape index (κ3) is 1.83. The highest BCUT2D eigenvalue weighted by molar-refractivity contribution is 6.35. The highest BCUT2D eigenvalue weighted by atomic mass is 35.5. The van der Waals surface area contributed by atoms with Crippen LogP contribution >= 0.6 is 11.6 Å². The van der Waals surface area contributed by atoms with Gasteiger partial charge in [0.1, 0.15) is 11.5 Å². The van der Waals surface area contributed by atoms with Crippen molar-refractivity contribution in [1.82, 2.24) is 9.72 Å². The molecule has 0 aliphatic rings. The van der Waals surface area contributed by atoms with E-state index in [2.05, 4.69) is 9.72 Å². The van der Waals surface area contributed by atoms with Gasteiger partial charge < -0.3 is 9.09 Å². The summed E-state index contributed by atoms with van der Waals surface area (Å²) in [6.45, 7) is 2.59. The predicted molar refractivity (Wildman–Crippen MR) is 67.3 cm³/mol. The highest BCUT2D eigenvalue weighted by Crippen LogP contribution is 2.24. The maximum Gasteiger partial charge on any atom is 0.133 e. The molecule has 1 aromatic carbocycles. The van der Waals surface area contributed by atoms with E-state index < -0.39 is 0 Å². The molecule has 0 saturated heterocycles. The van der Waals surface area contributed by atoms with Crippen molar-refractivity contribution in [3.63, 3.8) is 0 Å². The molecule has 0 spiro atoms. The minimum absolute atomic E-state index is 0.696. The first-order chi connectivity index (χ1) is 8.24. The summed E-state index contributed by atoms with van der Waals surface area (Å²) < 4.78 is 7.17. The molecular weight excluding hydrogens is 236 g/mol. The van der Waals surface area contributed by atoms with Gasteiger partial charge in [0, 0.05) is 28.2 Å². The summed E-state index contributed by atoms with van der Waals surface area (Å²) in [5, 5.41) is 5.83. The Morgan fingerprint density at radius 1 is 1.35 bits per heavy atom. The van der Waals surface area contributed by atoms with Gasteiger partial charge in [-0.2, -0.15) is 0 Å². The molecule has 0 fully saturated rings. The summed E-state index contributed by atoms with van der Waals surface area (Å²) in [6.07, 6.45) is 2.01. The van der Waals surface area contributed by atoms with Crippen LogP contribution in [0.15, 0.2) is 41.1 Å². The number of fused-ring (bicyclic) bond motifs is 1. The number of halogens is 1. The molecule has 0 saturated carbocycles. The fourth-order valence-electron chi connectivity index (χ4n) is 1.99. The van der Waals surface area contributed by atoms with E-state index in [1.54, 1.807) is 0 Å². The minimum atomic E-state index is 0.696. The van der Waals surface area contributed by atoms with Crippen molar-refractivity contribution in [3.05, 3.63) is 53.0 Å². The lowest BCUT2D eigenvalue weighted by Crippen LogP contribution is -1.97. The Labute approximate surface area is 104 Å². The molecule has 0 unspecified atom stereocenters. The zero-order chi connectivity index (χ0) is 11.8. The summed E-state index contributed by atoms with van der Waals surface area (Å²) >= 11 is 6.13. The smallest absolute Gasteiger partial charge is 0.133 e. The number of benzene rings is 1. The van der Waals surface area contributed by atoms with Crippen LogP contribution in [0.2, 0.25) is 5.02 Å². The molecular formula is C13H11ClN2O. The van der Waals surface area contributed by atoms with Crippen molar-refractivity contribution in [2.24, 2.45) is 0 Å². The van der Waals surface area contributed by atoms with E-state index in [0.29, 0.717) is 6.54 Å². The second-order valence-electron chi connectivity index (χ2n) is 4.05. The standard InChI is InChI=1S/C13H11ClN2O/c1-9-7-10(15-17-9)8-16-6-5-11-12(14)3-2-4-13(11)16/h2-7H,8H2,1H3. The molecule has 3 aromatic rings. The molecule has 3 nitrogen and oxygen atoms in total. The van der Waals surface area contributed by atoms with Crippen LogP contribution in [0.4, 0.5) is 0 Å². The third-order valence-electron chi connectivity index (χ3n) is 2.77. The zero-order valence-electron chi connectivity index (χ0n) is 9.35. The van der Waals surface area contributed by atoms with Crippen molar-refractivity contribution in [1.29, 1.82) is 0 Å². The molecule has 86 valence electrons. The van der Waals surface area contributed by atoms with Crippen LogP contribution in [0.25, 0.3) is 10.9 Å². The average Bonchev–Trinajstić information content (AvgIpc) is 2.88. The summed E-state index contributed by atoms with van der Waals surface area (Å²) in [7, 11) is 0. The average molecular weight is 247 g/mol. The van der Waals surface area contributed by atoms with Crippen LogP contribution in [0, 0.1) is 6.92 Å². The van der Waals surface area contributed by atoms with E-state index >= 15 is 0 Å². The second kappa shape index (κ2) is 3.93. The molecule has 0 aliphatic carbocycles. The van der Waals surface area contributed by atoms with E-state index in [4.69, 9.17) is 16.1 Å². The first-order valence-electron chi connectivity index (χ1n) is 5.39. The largest absolute Gasteiger partial charge is 0.361 e. The normalized spacial score (nSPS) is 11.2. The number of aryl methyl sites for hydroxylation is 1. The lowest BCUT2D eigenvalue weighted by Gasteiger charge is -2.02. The van der Waals surface area contributed by atoms with Gasteiger partial charge in [-0.1, -0.05) is 22.8 Å². The quantitative estimate of drug-likeness (QED) is 0.691. The molecule has 17 heavy (non-hydrogen) atoms. The summed E-state index contributed by atoms with van der Waals surface area (Å²) in [4.78, 5) is 0. The number of rotatable bonds is 2. The van der Waals surface area contributed by atoms with Crippen LogP contribution < -0.4 is 0 Å². The maximum atomic E-state index is 6.13. The lowest BCUT2D eigenvalue weighted by atomic mass is 10.2. The predicted octanol–water partition coefficient (Wildman–Crippen LogP) is 3.64. The van der Waals surface area contributed by atoms with Gasteiger partial charge in [-0.15, -0.1) is 0 Å². The number of nitrogens with zero attached hydrogens (tertiary/aromatic N) is 2. The fourth-order valence-corrected chi connectivity index (χ4v) is 2.22. The highest BCUT2D eigenvalue weighted by Gasteiger charge is 2.06. The number of hydrogen-bond acceptors (Lipinski definition) is 2. The van der Waals surface area contributed by atoms with Gasteiger partial charge in [0.15, 0.2) is 0 Å². The van der Waals surface area contributed by atoms with E-state index in [1.807, 2.05) is 43.5 Å². The van der Waals surface area contributed by atoms with E-state index in [9.17, 15) is 0 Å². The van der Waals surface area contributed by atoms with Crippen LogP contribution in [-0.2, 0) is 6.54 Å².